The largest absolute Gasteiger partial charge is 0.495 e. The molecule has 1 aliphatic heterocycles. The molecule has 3 unspecified atom stereocenters. The minimum atomic E-state index is -0.273. The molecular weight excluding hydrogens is 350 g/mol. The average Bonchev–Trinajstić information content (AvgIpc) is 2.92. The normalized spacial score (nSPS) is 25.3. The van der Waals surface area contributed by atoms with Gasteiger partial charge in [0.25, 0.3) is 0 Å². The van der Waals surface area contributed by atoms with Crippen LogP contribution in [0, 0.1) is 11.8 Å². The van der Waals surface area contributed by atoms with E-state index in [1.165, 1.54) is 17.6 Å². The Morgan fingerprint density at radius 3 is 2.46 bits per heavy atom. The lowest BCUT2D eigenvalue weighted by atomic mass is 9.73. The maximum absolute atomic E-state index is 13.1. The quantitative estimate of drug-likeness (QED) is 0.752. The number of methoxy groups -OCH3 is 1. The molecule has 1 heterocycles. The van der Waals surface area contributed by atoms with Crippen LogP contribution in [0.3, 0.4) is 0 Å². The maximum Gasteiger partial charge on any atom is 0.237 e. The second-order valence-electron chi connectivity index (χ2n) is 6.96. The zero-order valence-corrected chi connectivity index (χ0v) is 15.3. The number of amides is 2. The number of rotatable bonds is 3. The lowest BCUT2D eigenvalue weighted by Gasteiger charge is -2.28. The molecule has 26 heavy (non-hydrogen) atoms. The fourth-order valence-electron chi connectivity index (χ4n) is 4.28. The van der Waals surface area contributed by atoms with E-state index in [1.54, 1.807) is 18.2 Å². The number of halogens is 1. The molecule has 1 saturated heterocycles. The highest BCUT2D eigenvalue weighted by Gasteiger charge is 2.51. The van der Waals surface area contributed by atoms with Crippen LogP contribution in [0.1, 0.15) is 30.7 Å². The highest BCUT2D eigenvalue weighted by Crippen LogP contribution is 2.47. The Hall–Kier alpha value is -2.33. The summed E-state index contributed by atoms with van der Waals surface area (Å²) >= 11 is 6.10. The third-order valence-electron chi connectivity index (χ3n) is 5.58. The topological polar surface area (TPSA) is 46.6 Å². The predicted molar refractivity (Wildman–Crippen MR) is 101 cm³/mol. The number of imide groups is 1. The van der Waals surface area contributed by atoms with Gasteiger partial charge < -0.3 is 4.74 Å². The van der Waals surface area contributed by atoms with Crippen LogP contribution in [0.5, 0.6) is 5.75 Å². The number of benzene rings is 2. The minimum Gasteiger partial charge on any atom is -0.495 e. The number of hydrogen-bond donors (Lipinski definition) is 0. The number of anilines is 1. The molecule has 2 aromatic rings. The van der Waals surface area contributed by atoms with Crippen molar-refractivity contribution in [2.75, 3.05) is 12.0 Å². The fraction of sp³-hybridized carbons (Fsp3) is 0.333. The molecule has 4 nitrogen and oxygen atoms in total. The Kier molecular flexibility index (Phi) is 4.45. The zero-order chi connectivity index (χ0) is 18.3. The second-order valence-corrected chi connectivity index (χ2v) is 7.40. The van der Waals surface area contributed by atoms with Crippen LogP contribution in [-0.2, 0) is 9.59 Å². The van der Waals surface area contributed by atoms with Gasteiger partial charge in [0.1, 0.15) is 5.75 Å². The Bertz CT molecular complexity index is 852. The maximum atomic E-state index is 13.1. The number of ether oxygens (including phenoxy) is 1. The van der Waals surface area contributed by atoms with E-state index in [0.29, 0.717) is 28.8 Å². The molecule has 4 rings (SSSR count). The van der Waals surface area contributed by atoms with E-state index in [2.05, 4.69) is 12.1 Å². The summed E-state index contributed by atoms with van der Waals surface area (Å²) < 4.78 is 5.35. The summed E-state index contributed by atoms with van der Waals surface area (Å²) in [6.45, 7) is 0. The summed E-state index contributed by atoms with van der Waals surface area (Å²) in [6, 6.07) is 15.2. The standard InChI is InChI=1S/C21H20ClNO3/c1-26-19-10-8-15(22)12-18(19)23-20(24)16-9-7-14(11-17(16)21(23)25)13-5-3-2-4-6-13/h2-6,8,10,12,14,16-17H,7,9,11H2,1H3. The van der Waals surface area contributed by atoms with Crippen molar-refractivity contribution >= 4 is 29.1 Å². The summed E-state index contributed by atoms with van der Waals surface area (Å²) in [6.07, 6.45) is 2.36. The van der Waals surface area contributed by atoms with Crippen LogP contribution in [0.2, 0.25) is 5.02 Å². The Labute approximate surface area is 157 Å². The molecule has 0 N–H and O–H groups in total. The van der Waals surface area contributed by atoms with Gasteiger partial charge in [-0.25, -0.2) is 4.90 Å². The van der Waals surface area contributed by atoms with Crippen LogP contribution >= 0.6 is 11.6 Å². The van der Waals surface area contributed by atoms with Gasteiger partial charge in [-0.1, -0.05) is 41.9 Å². The molecule has 2 fully saturated rings. The van der Waals surface area contributed by atoms with Gasteiger partial charge in [0.2, 0.25) is 11.8 Å². The summed E-state index contributed by atoms with van der Waals surface area (Å²) in [5.41, 5.74) is 1.69. The fourth-order valence-corrected chi connectivity index (χ4v) is 4.45. The van der Waals surface area contributed by atoms with Gasteiger partial charge in [-0.2, -0.15) is 0 Å². The second kappa shape index (κ2) is 6.76. The van der Waals surface area contributed by atoms with Crippen LogP contribution in [0.15, 0.2) is 48.5 Å². The number of hydrogen-bond acceptors (Lipinski definition) is 3. The molecule has 2 aromatic carbocycles. The molecule has 1 aliphatic carbocycles. The van der Waals surface area contributed by atoms with E-state index in [9.17, 15) is 9.59 Å². The van der Waals surface area contributed by atoms with E-state index in [-0.39, 0.29) is 23.7 Å². The third-order valence-corrected chi connectivity index (χ3v) is 5.81. The van der Waals surface area contributed by atoms with Crippen molar-refractivity contribution in [1.29, 1.82) is 0 Å². The first-order valence-corrected chi connectivity index (χ1v) is 9.24. The van der Waals surface area contributed by atoms with E-state index in [0.717, 1.165) is 12.8 Å². The van der Waals surface area contributed by atoms with Gasteiger partial charge in [-0.15, -0.1) is 0 Å². The summed E-state index contributed by atoms with van der Waals surface area (Å²) in [4.78, 5) is 27.4. The number of nitrogens with zero attached hydrogens (tertiary/aromatic N) is 1. The molecule has 2 aliphatic rings. The van der Waals surface area contributed by atoms with Crippen molar-refractivity contribution in [3.05, 3.63) is 59.1 Å². The van der Waals surface area contributed by atoms with Crippen LogP contribution in [-0.4, -0.2) is 18.9 Å². The lowest BCUT2D eigenvalue weighted by molar-refractivity contribution is -0.122. The third kappa shape index (κ3) is 2.78. The molecule has 0 bridgehead atoms. The van der Waals surface area contributed by atoms with E-state index < -0.39 is 0 Å². The minimum absolute atomic E-state index is 0.132. The molecule has 2 amide bonds. The lowest BCUT2D eigenvalue weighted by Crippen LogP contribution is -2.31. The molecule has 5 heteroatoms. The van der Waals surface area contributed by atoms with Crippen molar-refractivity contribution in [3.63, 3.8) is 0 Å². The van der Waals surface area contributed by atoms with Crippen molar-refractivity contribution in [1.82, 2.24) is 0 Å². The molecule has 1 saturated carbocycles. The molecular formula is C21H20ClNO3. The monoisotopic (exact) mass is 369 g/mol. The van der Waals surface area contributed by atoms with E-state index in [4.69, 9.17) is 16.3 Å². The van der Waals surface area contributed by atoms with Gasteiger partial charge >= 0.3 is 0 Å². The van der Waals surface area contributed by atoms with Crippen molar-refractivity contribution < 1.29 is 14.3 Å². The summed E-state index contributed by atoms with van der Waals surface area (Å²) in [7, 11) is 1.52. The van der Waals surface area contributed by atoms with Crippen LogP contribution in [0.4, 0.5) is 5.69 Å². The first-order chi connectivity index (χ1) is 12.6. The van der Waals surface area contributed by atoms with Crippen LogP contribution < -0.4 is 9.64 Å². The number of carbonyl (C=O) groups excluding carboxylic acids is 2. The number of fused-ring (bicyclic) bond motifs is 1. The van der Waals surface area contributed by atoms with Crippen molar-refractivity contribution in [3.8, 4) is 5.75 Å². The molecule has 134 valence electrons. The molecule has 0 spiro atoms. The highest BCUT2D eigenvalue weighted by molar-refractivity contribution is 6.31. The first kappa shape index (κ1) is 17.1. The SMILES string of the molecule is COc1ccc(Cl)cc1N1C(=O)C2CCC(c3ccccc3)CC2C1=O. The van der Waals surface area contributed by atoms with Gasteiger partial charge in [-0.05, 0) is 48.9 Å². The summed E-state index contributed by atoms with van der Waals surface area (Å²) in [5, 5.41) is 0.471. The van der Waals surface area contributed by atoms with Crippen molar-refractivity contribution in [2.24, 2.45) is 11.8 Å². The van der Waals surface area contributed by atoms with Gasteiger partial charge in [0, 0.05) is 5.02 Å². The number of carbonyl (C=O) groups is 2. The van der Waals surface area contributed by atoms with E-state index in [1.807, 2.05) is 18.2 Å². The van der Waals surface area contributed by atoms with Gasteiger partial charge in [0.05, 0.1) is 24.6 Å². The van der Waals surface area contributed by atoms with E-state index >= 15 is 0 Å². The van der Waals surface area contributed by atoms with Crippen molar-refractivity contribution in [2.45, 2.75) is 25.2 Å². The Balaban J connectivity index is 1.65. The highest BCUT2D eigenvalue weighted by atomic mass is 35.5. The van der Waals surface area contributed by atoms with Gasteiger partial charge in [0.15, 0.2) is 0 Å². The zero-order valence-electron chi connectivity index (χ0n) is 14.5. The molecule has 3 atom stereocenters. The summed E-state index contributed by atoms with van der Waals surface area (Å²) in [5.74, 6) is 0.00864. The Morgan fingerprint density at radius 2 is 1.73 bits per heavy atom. The predicted octanol–water partition coefficient (Wildman–Crippen LogP) is 4.42. The first-order valence-electron chi connectivity index (χ1n) is 8.86. The smallest absolute Gasteiger partial charge is 0.237 e. The van der Waals surface area contributed by atoms with Crippen LogP contribution in [0.25, 0.3) is 0 Å². The Morgan fingerprint density at radius 1 is 1.00 bits per heavy atom. The molecule has 0 aromatic heterocycles. The molecule has 0 radical (unpaired) electrons. The average molecular weight is 370 g/mol. The van der Waals surface area contributed by atoms with Gasteiger partial charge in [-0.3, -0.25) is 9.59 Å².